The average Bonchev–Trinajstić information content (AvgIpc) is 3.62. The molecule has 0 unspecified atom stereocenters. The summed E-state index contributed by atoms with van der Waals surface area (Å²) in [7, 11) is 0. The Morgan fingerprint density at radius 3 is 2.60 bits per heavy atom. The predicted molar refractivity (Wildman–Crippen MR) is 157 cm³/mol. The van der Waals surface area contributed by atoms with Gasteiger partial charge in [0.1, 0.15) is 5.54 Å². The van der Waals surface area contributed by atoms with Gasteiger partial charge in [0.25, 0.3) is 5.91 Å². The molecule has 1 aromatic carbocycles. The van der Waals surface area contributed by atoms with Crippen LogP contribution in [0.4, 0.5) is 17.3 Å². The molecule has 3 fully saturated rings. The first-order chi connectivity index (χ1) is 20.5. The van der Waals surface area contributed by atoms with Gasteiger partial charge in [0.15, 0.2) is 5.65 Å². The fourth-order valence-electron chi connectivity index (χ4n) is 6.05. The number of rotatable bonds is 8. The molecule has 6 heterocycles. The zero-order valence-corrected chi connectivity index (χ0v) is 23.7. The molecule has 3 aliphatic rings. The molecule has 12 heteroatoms. The van der Waals surface area contributed by atoms with Gasteiger partial charge in [-0.05, 0) is 48.4 Å². The highest BCUT2D eigenvalue weighted by atomic mass is 16.5. The SMILES string of the molecule is CCc1cnn(C2(CC#N)CN(c3cccn4nc(Nc5ccc(C(=O)N6CCN(C7COC7)CC6)cc5)nc34)C2)c1. The van der Waals surface area contributed by atoms with Crippen molar-refractivity contribution in [1.29, 1.82) is 5.26 Å². The molecule has 42 heavy (non-hydrogen) atoms. The zero-order chi connectivity index (χ0) is 28.7. The van der Waals surface area contributed by atoms with E-state index in [-0.39, 0.29) is 11.4 Å². The summed E-state index contributed by atoms with van der Waals surface area (Å²) >= 11 is 0. The number of nitriles is 1. The summed E-state index contributed by atoms with van der Waals surface area (Å²) in [6, 6.07) is 14.3. The van der Waals surface area contributed by atoms with Gasteiger partial charge in [0.05, 0.1) is 43.6 Å². The topological polar surface area (TPSA) is 120 Å². The summed E-state index contributed by atoms with van der Waals surface area (Å²) in [6.07, 6.45) is 7.11. The van der Waals surface area contributed by atoms with Crippen LogP contribution in [-0.4, -0.2) is 98.6 Å². The Bertz CT molecular complexity index is 1620. The summed E-state index contributed by atoms with van der Waals surface area (Å²) in [6.45, 7) is 8.29. The number of anilines is 3. The van der Waals surface area contributed by atoms with Crippen LogP contribution in [0.5, 0.6) is 0 Å². The number of aryl methyl sites for hydroxylation is 1. The third-order valence-corrected chi connectivity index (χ3v) is 8.72. The van der Waals surface area contributed by atoms with Crippen LogP contribution in [0, 0.1) is 11.3 Å². The standard InChI is InChI=1S/C30H34N10O2/c1-2-22-16-32-40(17-22)30(9-10-31)20-38(21-30)26-4-3-11-39-27(26)34-29(35-39)33-24-7-5-23(6-8-24)28(41)37-14-12-36(13-15-37)25-18-42-19-25/h3-8,11,16-17,25H,2,9,12-15,18-21H2,1H3,(H,33,35). The number of fused-ring (bicyclic) bond motifs is 1. The fourth-order valence-corrected chi connectivity index (χ4v) is 6.05. The lowest BCUT2D eigenvalue weighted by Crippen LogP contribution is -2.63. The highest BCUT2D eigenvalue weighted by molar-refractivity contribution is 5.94. The first-order valence-electron chi connectivity index (χ1n) is 14.5. The zero-order valence-electron chi connectivity index (χ0n) is 23.7. The quantitative estimate of drug-likeness (QED) is 0.343. The van der Waals surface area contributed by atoms with E-state index in [1.165, 1.54) is 0 Å². The number of benzene rings is 1. The lowest BCUT2D eigenvalue weighted by molar-refractivity contribution is -0.0746. The third-order valence-electron chi connectivity index (χ3n) is 8.72. The van der Waals surface area contributed by atoms with Crippen molar-refractivity contribution in [2.45, 2.75) is 31.3 Å². The Balaban J connectivity index is 1.02. The summed E-state index contributed by atoms with van der Waals surface area (Å²) in [5.41, 5.74) is 3.99. The van der Waals surface area contributed by atoms with Crippen LogP contribution in [0.3, 0.4) is 0 Å². The van der Waals surface area contributed by atoms with E-state index in [9.17, 15) is 10.1 Å². The summed E-state index contributed by atoms with van der Waals surface area (Å²) in [5.74, 6) is 0.533. The smallest absolute Gasteiger partial charge is 0.253 e. The minimum atomic E-state index is -0.353. The maximum Gasteiger partial charge on any atom is 0.253 e. The van der Waals surface area contributed by atoms with E-state index in [0.29, 0.717) is 37.1 Å². The maximum absolute atomic E-state index is 13.1. The second kappa shape index (κ2) is 10.7. The Morgan fingerprint density at radius 2 is 1.93 bits per heavy atom. The van der Waals surface area contributed by atoms with Crippen molar-refractivity contribution >= 4 is 28.9 Å². The highest BCUT2D eigenvalue weighted by Crippen LogP contribution is 2.37. The van der Waals surface area contributed by atoms with Gasteiger partial charge in [-0.25, -0.2) is 4.52 Å². The Kier molecular flexibility index (Phi) is 6.76. The van der Waals surface area contributed by atoms with Gasteiger partial charge >= 0.3 is 0 Å². The van der Waals surface area contributed by atoms with E-state index >= 15 is 0 Å². The Morgan fingerprint density at radius 1 is 1.14 bits per heavy atom. The van der Waals surface area contributed by atoms with Crippen molar-refractivity contribution in [3.63, 3.8) is 0 Å². The number of hydrogen-bond donors (Lipinski definition) is 1. The van der Waals surface area contributed by atoms with Crippen molar-refractivity contribution in [1.82, 2.24) is 34.2 Å². The largest absolute Gasteiger partial charge is 0.378 e. The second-order valence-corrected chi connectivity index (χ2v) is 11.4. The molecule has 3 saturated heterocycles. The summed E-state index contributed by atoms with van der Waals surface area (Å²) < 4.78 is 9.03. The molecular weight excluding hydrogens is 532 g/mol. The maximum atomic E-state index is 13.1. The van der Waals surface area contributed by atoms with E-state index in [2.05, 4.69) is 44.5 Å². The number of nitrogens with zero attached hydrogens (tertiary/aromatic N) is 9. The molecule has 0 atom stereocenters. The van der Waals surface area contributed by atoms with Gasteiger partial charge < -0.3 is 19.9 Å². The van der Waals surface area contributed by atoms with Crippen molar-refractivity contribution in [3.05, 3.63) is 66.1 Å². The van der Waals surface area contributed by atoms with Crippen molar-refractivity contribution in [2.75, 3.05) is 62.7 Å². The molecule has 1 amide bonds. The second-order valence-electron chi connectivity index (χ2n) is 11.4. The number of piperazine rings is 1. The summed E-state index contributed by atoms with van der Waals surface area (Å²) in [5, 5.41) is 22.0. The summed E-state index contributed by atoms with van der Waals surface area (Å²) in [4.78, 5) is 24.4. The normalized spacial score (nSPS) is 18.9. The number of carbonyl (C=O) groups is 1. The monoisotopic (exact) mass is 566 g/mol. The fraction of sp³-hybridized carbons (Fsp3) is 0.433. The molecule has 0 saturated carbocycles. The van der Waals surface area contributed by atoms with Gasteiger partial charge in [-0.1, -0.05) is 6.92 Å². The van der Waals surface area contributed by atoms with Crippen LogP contribution in [0.25, 0.3) is 5.65 Å². The van der Waals surface area contributed by atoms with Crippen LogP contribution in [0.2, 0.25) is 0 Å². The first kappa shape index (κ1) is 26.4. The minimum absolute atomic E-state index is 0.0598. The van der Waals surface area contributed by atoms with Gasteiger partial charge in [0.2, 0.25) is 5.95 Å². The molecule has 0 bridgehead atoms. The predicted octanol–water partition coefficient (Wildman–Crippen LogP) is 2.52. The molecule has 216 valence electrons. The van der Waals surface area contributed by atoms with Gasteiger partial charge in [-0.15, -0.1) is 5.10 Å². The molecule has 0 spiro atoms. The number of pyridine rings is 1. The number of carbonyl (C=O) groups excluding carboxylic acids is 1. The molecule has 3 aliphatic heterocycles. The molecule has 3 aromatic heterocycles. The highest BCUT2D eigenvalue weighted by Gasteiger charge is 2.46. The number of amides is 1. The van der Waals surface area contributed by atoms with E-state index < -0.39 is 0 Å². The number of aromatic nitrogens is 5. The van der Waals surface area contributed by atoms with E-state index in [4.69, 9.17) is 9.72 Å². The van der Waals surface area contributed by atoms with Crippen molar-refractivity contribution < 1.29 is 9.53 Å². The van der Waals surface area contributed by atoms with Crippen LogP contribution in [0.15, 0.2) is 55.0 Å². The van der Waals surface area contributed by atoms with Crippen molar-refractivity contribution in [3.8, 4) is 6.07 Å². The molecule has 0 aliphatic carbocycles. The van der Waals surface area contributed by atoms with E-state index in [0.717, 1.165) is 68.4 Å². The number of nitrogens with one attached hydrogen (secondary N) is 1. The number of ether oxygens (including phenoxy) is 1. The molecule has 0 radical (unpaired) electrons. The van der Waals surface area contributed by atoms with E-state index in [1.807, 2.05) is 58.4 Å². The lowest BCUT2D eigenvalue weighted by atomic mass is 9.86. The van der Waals surface area contributed by atoms with Gasteiger partial charge in [0, 0.05) is 62.9 Å². The molecule has 12 nitrogen and oxygen atoms in total. The van der Waals surface area contributed by atoms with Crippen LogP contribution < -0.4 is 10.2 Å². The third kappa shape index (κ3) is 4.74. The van der Waals surface area contributed by atoms with Crippen LogP contribution in [-0.2, 0) is 16.7 Å². The lowest BCUT2D eigenvalue weighted by Gasteiger charge is -2.50. The van der Waals surface area contributed by atoms with Gasteiger partial charge in [-0.3, -0.25) is 14.4 Å². The first-order valence-corrected chi connectivity index (χ1v) is 14.5. The minimum Gasteiger partial charge on any atom is -0.378 e. The van der Waals surface area contributed by atoms with E-state index in [1.54, 1.807) is 4.52 Å². The average molecular weight is 567 g/mol. The molecule has 1 N–H and O–H groups in total. The molecular formula is C30H34N10O2. The molecule has 4 aromatic rings. The number of hydrogen-bond acceptors (Lipinski definition) is 9. The van der Waals surface area contributed by atoms with Crippen molar-refractivity contribution in [2.24, 2.45) is 0 Å². The molecule has 7 rings (SSSR count). The van der Waals surface area contributed by atoms with Crippen LogP contribution >= 0.6 is 0 Å². The van der Waals surface area contributed by atoms with Gasteiger partial charge in [-0.2, -0.15) is 15.3 Å². The Labute approximate surface area is 244 Å². The van der Waals surface area contributed by atoms with Crippen LogP contribution in [0.1, 0.15) is 29.3 Å². The Hall–Kier alpha value is -4.47.